The number of hydrogen-bond donors (Lipinski definition) is 1. The van der Waals surface area contributed by atoms with Crippen LogP contribution in [0.3, 0.4) is 0 Å². The number of pyridine rings is 1. The van der Waals surface area contributed by atoms with E-state index in [2.05, 4.69) is 15.0 Å². The largest absolute Gasteiger partial charge is 0.387 e. The van der Waals surface area contributed by atoms with Gasteiger partial charge in [0.05, 0.1) is 11.8 Å². The van der Waals surface area contributed by atoms with Gasteiger partial charge in [-0.3, -0.25) is 4.98 Å². The van der Waals surface area contributed by atoms with Gasteiger partial charge in [-0.2, -0.15) is 0 Å². The van der Waals surface area contributed by atoms with Crippen molar-refractivity contribution in [1.82, 2.24) is 15.0 Å². The van der Waals surface area contributed by atoms with Gasteiger partial charge in [0, 0.05) is 23.5 Å². The lowest BCUT2D eigenvalue weighted by Crippen LogP contribution is -1.94. The van der Waals surface area contributed by atoms with Crippen molar-refractivity contribution in [1.29, 1.82) is 0 Å². The summed E-state index contributed by atoms with van der Waals surface area (Å²) in [6.45, 7) is 1.69. The van der Waals surface area contributed by atoms with Crippen LogP contribution >= 0.6 is 11.8 Å². The summed E-state index contributed by atoms with van der Waals surface area (Å²) in [6.07, 6.45) is 4.58. The molecule has 0 aliphatic rings. The van der Waals surface area contributed by atoms with Gasteiger partial charge >= 0.3 is 0 Å². The van der Waals surface area contributed by atoms with E-state index >= 15 is 0 Å². The van der Waals surface area contributed by atoms with E-state index in [0.29, 0.717) is 10.9 Å². The molecule has 0 unspecified atom stereocenters. The second kappa shape index (κ2) is 5.05. The minimum absolute atomic E-state index is 0.535. The molecule has 82 valence electrons. The summed E-state index contributed by atoms with van der Waals surface area (Å²) in [5.74, 6) is 0. The molecule has 0 saturated heterocycles. The van der Waals surface area contributed by atoms with Crippen molar-refractivity contribution in [3.63, 3.8) is 0 Å². The fourth-order valence-electron chi connectivity index (χ4n) is 1.14. The highest BCUT2D eigenvalue weighted by atomic mass is 32.2. The molecule has 2 aromatic heterocycles. The lowest BCUT2D eigenvalue weighted by atomic mass is 10.2. The van der Waals surface area contributed by atoms with E-state index in [1.807, 2.05) is 6.07 Å². The number of aliphatic hydroxyl groups excluding tert-OH is 1. The average Bonchev–Trinajstić information content (AvgIpc) is 2.31. The van der Waals surface area contributed by atoms with Crippen molar-refractivity contribution >= 4 is 11.8 Å². The summed E-state index contributed by atoms with van der Waals surface area (Å²) in [5.41, 5.74) is 0.665. The normalized spacial score (nSPS) is 12.4. The van der Waals surface area contributed by atoms with Gasteiger partial charge in [0.1, 0.15) is 0 Å². The van der Waals surface area contributed by atoms with Crippen LogP contribution in [0.25, 0.3) is 0 Å². The van der Waals surface area contributed by atoms with Gasteiger partial charge in [0.25, 0.3) is 0 Å². The maximum absolute atomic E-state index is 9.31. The number of nitrogens with zero attached hydrogens (tertiary/aromatic N) is 3. The van der Waals surface area contributed by atoms with Crippen LogP contribution in [0.4, 0.5) is 0 Å². The Morgan fingerprint density at radius 2 is 1.94 bits per heavy atom. The summed E-state index contributed by atoms with van der Waals surface area (Å²) in [6, 6.07) is 5.48. The summed E-state index contributed by atoms with van der Waals surface area (Å²) in [7, 11) is 0. The predicted octanol–water partition coefficient (Wildman–Crippen LogP) is 2.08. The Bertz CT molecular complexity index is 445. The highest BCUT2D eigenvalue weighted by molar-refractivity contribution is 7.99. The Labute approximate surface area is 97.8 Å². The third-order valence-corrected chi connectivity index (χ3v) is 2.81. The van der Waals surface area contributed by atoms with E-state index < -0.39 is 6.10 Å². The molecule has 4 nitrogen and oxygen atoms in total. The zero-order chi connectivity index (χ0) is 11.4. The van der Waals surface area contributed by atoms with Crippen molar-refractivity contribution in [3.8, 4) is 0 Å². The molecule has 0 aromatic carbocycles. The van der Waals surface area contributed by atoms with Crippen LogP contribution in [-0.4, -0.2) is 20.1 Å². The molecular weight excluding hydrogens is 222 g/mol. The zero-order valence-corrected chi connectivity index (χ0v) is 9.56. The quantitative estimate of drug-likeness (QED) is 0.822. The van der Waals surface area contributed by atoms with Crippen LogP contribution in [0.15, 0.2) is 46.8 Å². The molecule has 1 atom stereocenters. The Hall–Kier alpha value is -1.46. The maximum atomic E-state index is 9.31. The molecule has 2 aromatic rings. The third-order valence-electron chi connectivity index (χ3n) is 1.94. The Morgan fingerprint density at radius 1 is 1.19 bits per heavy atom. The highest BCUT2D eigenvalue weighted by Gasteiger charge is 2.03. The summed E-state index contributed by atoms with van der Waals surface area (Å²) in [4.78, 5) is 13.3. The number of rotatable bonds is 3. The first-order valence-electron chi connectivity index (χ1n) is 4.84. The van der Waals surface area contributed by atoms with Crippen LogP contribution in [0.5, 0.6) is 0 Å². The SMILES string of the molecule is C[C@H](O)c1ccc(Sc2ncccn2)cn1. The van der Waals surface area contributed by atoms with Gasteiger partial charge in [-0.1, -0.05) is 0 Å². The molecule has 2 rings (SSSR count). The molecule has 1 N–H and O–H groups in total. The summed E-state index contributed by atoms with van der Waals surface area (Å²) < 4.78 is 0. The van der Waals surface area contributed by atoms with Gasteiger partial charge in [-0.05, 0) is 36.9 Å². The molecule has 16 heavy (non-hydrogen) atoms. The molecule has 2 heterocycles. The second-order valence-corrected chi connectivity index (χ2v) is 4.27. The molecule has 0 bridgehead atoms. The van der Waals surface area contributed by atoms with Crippen molar-refractivity contribution in [2.45, 2.75) is 23.1 Å². The Morgan fingerprint density at radius 3 is 2.50 bits per heavy atom. The number of hydrogen-bond acceptors (Lipinski definition) is 5. The van der Waals surface area contributed by atoms with Gasteiger partial charge < -0.3 is 5.11 Å². The van der Waals surface area contributed by atoms with Gasteiger partial charge in [-0.25, -0.2) is 9.97 Å². The third kappa shape index (κ3) is 2.77. The maximum Gasteiger partial charge on any atom is 0.192 e. The van der Waals surface area contributed by atoms with Crippen LogP contribution in [0, 0.1) is 0 Å². The van der Waals surface area contributed by atoms with E-state index in [-0.39, 0.29) is 0 Å². The van der Waals surface area contributed by atoms with Crippen molar-refractivity contribution in [2.75, 3.05) is 0 Å². The smallest absolute Gasteiger partial charge is 0.192 e. The molecule has 0 saturated carbocycles. The standard InChI is InChI=1S/C11H11N3OS/c1-8(15)10-4-3-9(7-14-10)16-11-12-5-2-6-13-11/h2-8,15H,1H3/t8-/m0/s1. The lowest BCUT2D eigenvalue weighted by Gasteiger charge is -2.04. The fourth-order valence-corrected chi connectivity index (χ4v) is 1.82. The topological polar surface area (TPSA) is 58.9 Å². The molecule has 0 radical (unpaired) electrons. The van der Waals surface area contributed by atoms with Crippen molar-refractivity contribution in [2.24, 2.45) is 0 Å². The number of aromatic nitrogens is 3. The minimum Gasteiger partial charge on any atom is -0.387 e. The molecule has 0 aliphatic carbocycles. The molecule has 0 fully saturated rings. The van der Waals surface area contributed by atoms with Crippen LogP contribution in [0.2, 0.25) is 0 Å². The number of aliphatic hydroxyl groups is 1. The molecule has 0 amide bonds. The highest BCUT2D eigenvalue weighted by Crippen LogP contribution is 2.23. The lowest BCUT2D eigenvalue weighted by molar-refractivity contribution is 0.194. The summed E-state index contributed by atoms with van der Waals surface area (Å²) in [5, 5.41) is 10.00. The van der Waals surface area contributed by atoms with Crippen LogP contribution in [0.1, 0.15) is 18.7 Å². The predicted molar refractivity (Wildman–Crippen MR) is 61.0 cm³/mol. The fraction of sp³-hybridized carbons (Fsp3) is 0.182. The van der Waals surface area contributed by atoms with Gasteiger partial charge in [-0.15, -0.1) is 0 Å². The van der Waals surface area contributed by atoms with Gasteiger partial charge in [0.15, 0.2) is 5.16 Å². The average molecular weight is 233 g/mol. The monoisotopic (exact) mass is 233 g/mol. The van der Waals surface area contributed by atoms with Crippen molar-refractivity contribution < 1.29 is 5.11 Å². The first kappa shape index (κ1) is 11.0. The van der Waals surface area contributed by atoms with E-state index in [1.54, 1.807) is 37.6 Å². The zero-order valence-electron chi connectivity index (χ0n) is 8.74. The first-order valence-corrected chi connectivity index (χ1v) is 5.66. The molecule has 0 aliphatic heterocycles. The summed E-state index contributed by atoms with van der Waals surface area (Å²) >= 11 is 1.44. The van der Waals surface area contributed by atoms with E-state index in [9.17, 15) is 5.11 Å². The van der Waals surface area contributed by atoms with Gasteiger partial charge in [0.2, 0.25) is 0 Å². The molecule has 5 heteroatoms. The van der Waals surface area contributed by atoms with E-state index in [4.69, 9.17) is 0 Å². The second-order valence-electron chi connectivity index (χ2n) is 3.23. The first-order chi connectivity index (χ1) is 7.75. The van der Waals surface area contributed by atoms with Crippen molar-refractivity contribution in [3.05, 3.63) is 42.5 Å². The van der Waals surface area contributed by atoms with Crippen LogP contribution < -0.4 is 0 Å². The van der Waals surface area contributed by atoms with Crippen LogP contribution in [-0.2, 0) is 0 Å². The van der Waals surface area contributed by atoms with E-state index in [1.165, 1.54) is 11.8 Å². The minimum atomic E-state index is -0.535. The van der Waals surface area contributed by atoms with E-state index in [0.717, 1.165) is 4.90 Å². The molecule has 0 spiro atoms. The molecular formula is C11H11N3OS. The Kier molecular flexibility index (Phi) is 3.48. The Balaban J connectivity index is 2.11.